The number of carbonyl (C=O) groups is 1. The molecule has 0 unspecified atom stereocenters. The molecule has 4 heteroatoms. The van der Waals surface area contributed by atoms with E-state index in [1.807, 2.05) is 6.92 Å². The minimum absolute atomic E-state index is 0.570. The number of hydrogen-bond acceptors (Lipinski definition) is 2. The minimum atomic E-state index is 0.570. The van der Waals surface area contributed by atoms with Crippen molar-refractivity contribution < 1.29 is 4.79 Å². The van der Waals surface area contributed by atoms with Gasteiger partial charge < -0.3 is 5.32 Å². The molecule has 0 fully saturated rings. The van der Waals surface area contributed by atoms with Crippen LogP contribution in [0.25, 0.3) is 0 Å². The highest BCUT2D eigenvalue weighted by atomic mass is 79.9. The number of halogens is 1. The fraction of sp³-hybridized carbons (Fsp3) is 0.143. The van der Waals surface area contributed by atoms with Crippen LogP contribution in [-0.2, 0) is 4.79 Å². The molecule has 1 aromatic rings. The van der Waals surface area contributed by atoms with Crippen LogP contribution in [-0.4, -0.2) is 11.4 Å². The van der Waals surface area contributed by atoms with E-state index in [1.165, 1.54) is 0 Å². The molecule has 0 saturated carbocycles. The number of hydrogen-bond donors (Lipinski definition) is 1. The second-order valence-corrected chi connectivity index (χ2v) is 2.94. The number of nitrogens with one attached hydrogen (secondary N) is 1. The molecule has 1 heterocycles. The Balaban J connectivity index is 2.95. The van der Waals surface area contributed by atoms with Gasteiger partial charge >= 0.3 is 0 Å². The van der Waals surface area contributed by atoms with Gasteiger partial charge in [-0.2, -0.15) is 0 Å². The van der Waals surface area contributed by atoms with Gasteiger partial charge in [-0.3, -0.25) is 4.79 Å². The van der Waals surface area contributed by atoms with E-state index in [4.69, 9.17) is 0 Å². The first-order valence-electron chi connectivity index (χ1n) is 3.06. The summed E-state index contributed by atoms with van der Waals surface area (Å²) in [6.45, 7) is 1.93. The van der Waals surface area contributed by atoms with Gasteiger partial charge in [0.1, 0.15) is 5.82 Å². The van der Waals surface area contributed by atoms with Gasteiger partial charge in [0, 0.05) is 10.7 Å². The predicted molar refractivity (Wildman–Crippen MR) is 46.4 cm³/mol. The van der Waals surface area contributed by atoms with Gasteiger partial charge in [0.15, 0.2) is 0 Å². The van der Waals surface area contributed by atoms with Crippen molar-refractivity contribution in [2.75, 3.05) is 5.32 Å². The molecule has 0 aliphatic heterocycles. The molecular weight excluding hydrogens is 208 g/mol. The number of aryl methyl sites for hydroxylation is 1. The molecule has 1 aromatic heterocycles. The van der Waals surface area contributed by atoms with Gasteiger partial charge in [0.2, 0.25) is 6.41 Å². The minimum Gasteiger partial charge on any atom is -0.313 e. The van der Waals surface area contributed by atoms with Gasteiger partial charge in [-0.15, -0.1) is 0 Å². The zero-order valence-electron chi connectivity index (χ0n) is 5.97. The van der Waals surface area contributed by atoms with E-state index in [0.29, 0.717) is 12.2 Å². The third-order valence-corrected chi connectivity index (χ3v) is 2.08. The molecule has 11 heavy (non-hydrogen) atoms. The summed E-state index contributed by atoms with van der Waals surface area (Å²) >= 11 is 3.30. The van der Waals surface area contributed by atoms with E-state index in [-0.39, 0.29) is 0 Å². The van der Waals surface area contributed by atoms with Crippen molar-refractivity contribution in [2.45, 2.75) is 6.92 Å². The second-order valence-electron chi connectivity index (χ2n) is 2.08. The van der Waals surface area contributed by atoms with Crippen LogP contribution >= 0.6 is 15.9 Å². The molecule has 0 aliphatic carbocycles. The second kappa shape index (κ2) is 3.48. The summed E-state index contributed by atoms with van der Waals surface area (Å²) in [4.78, 5) is 13.9. The van der Waals surface area contributed by atoms with E-state index in [2.05, 4.69) is 26.2 Å². The summed E-state index contributed by atoms with van der Waals surface area (Å²) in [5, 5.41) is 2.46. The lowest BCUT2D eigenvalue weighted by Gasteiger charge is -1.99. The van der Waals surface area contributed by atoms with Crippen LogP contribution < -0.4 is 5.32 Å². The Kier molecular flexibility index (Phi) is 2.59. The van der Waals surface area contributed by atoms with Crippen LogP contribution in [0.2, 0.25) is 0 Å². The van der Waals surface area contributed by atoms with Crippen molar-refractivity contribution in [1.29, 1.82) is 0 Å². The number of rotatable bonds is 2. The van der Waals surface area contributed by atoms with Crippen LogP contribution in [0.4, 0.5) is 5.82 Å². The van der Waals surface area contributed by atoms with E-state index in [9.17, 15) is 4.79 Å². The van der Waals surface area contributed by atoms with Crippen molar-refractivity contribution in [3.05, 3.63) is 22.3 Å². The maximum absolute atomic E-state index is 10.0. The molecule has 0 aromatic carbocycles. The Morgan fingerprint density at radius 2 is 2.45 bits per heavy atom. The van der Waals surface area contributed by atoms with E-state index < -0.39 is 0 Å². The molecule has 0 radical (unpaired) electrons. The summed E-state index contributed by atoms with van der Waals surface area (Å²) in [5.74, 6) is 0.570. The summed E-state index contributed by atoms with van der Waals surface area (Å²) in [6, 6.07) is 1.79. The molecule has 0 atom stereocenters. The largest absolute Gasteiger partial charge is 0.313 e. The van der Waals surface area contributed by atoms with E-state index in [0.717, 1.165) is 10.0 Å². The number of aromatic nitrogens is 1. The van der Waals surface area contributed by atoms with Crippen molar-refractivity contribution in [3.8, 4) is 0 Å². The van der Waals surface area contributed by atoms with Crippen LogP contribution in [0.15, 0.2) is 16.7 Å². The fourth-order valence-electron chi connectivity index (χ4n) is 0.679. The molecule has 0 bridgehead atoms. The highest BCUT2D eigenvalue weighted by Gasteiger charge is 1.96. The van der Waals surface area contributed by atoms with E-state index >= 15 is 0 Å². The maximum atomic E-state index is 10.0. The molecule has 0 aliphatic rings. The highest BCUT2D eigenvalue weighted by Crippen LogP contribution is 2.16. The smallest absolute Gasteiger partial charge is 0.212 e. The molecule has 1 amide bonds. The van der Waals surface area contributed by atoms with Gasteiger partial charge in [0.25, 0.3) is 0 Å². The quantitative estimate of drug-likeness (QED) is 0.763. The average molecular weight is 215 g/mol. The lowest BCUT2D eigenvalue weighted by Crippen LogP contribution is -1.96. The summed E-state index contributed by atoms with van der Waals surface area (Å²) in [7, 11) is 0. The van der Waals surface area contributed by atoms with Crippen molar-refractivity contribution in [1.82, 2.24) is 4.98 Å². The lowest BCUT2D eigenvalue weighted by atomic mass is 10.3. The molecular formula is C7H7BrN2O. The van der Waals surface area contributed by atoms with Gasteiger partial charge in [-0.25, -0.2) is 4.98 Å². The van der Waals surface area contributed by atoms with E-state index in [1.54, 1.807) is 12.3 Å². The molecule has 0 spiro atoms. The lowest BCUT2D eigenvalue weighted by molar-refractivity contribution is -0.105. The van der Waals surface area contributed by atoms with Crippen LogP contribution in [0, 0.1) is 6.92 Å². The van der Waals surface area contributed by atoms with Crippen molar-refractivity contribution in [2.24, 2.45) is 0 Å². The van der Waals surface area contributed by atoms with Crippen LogP contribution in [0.3, 0.4) is 0 Å². The number of anilines is 1. The molecule has 1 N–H and O–H groups in total. The standard InChI is InChI=1S/C7H7BrN2O/c1-5-2-7(10-4-11)9-3-6(5)8/h2-4H,1H3,(H,9,10,11). The topological polar surface area (TPSA) is 42.0 Å². The monoisotopic (exact) mass is 214 g/mol. The zero-order valence-corrected chi connectivity index (χ0v) is 7.55. The van der Waals surface area contributed by atoms with Crippen LogP contribution in [0.1, 0.15) is 5.56 Å². The Morgan fingerprint density at radius 3 is 3.00 bits per heavy atom. The first kappa shape index (κ1) is 8.20. The summed E-state index contributed by atoms with van der Waals surface area (Å²) in [5.41, 5.74) is 1.05. The van der Waals surface area contributed by atoms with Crippen LogP contribution in [0.5, 0.6) is 0 Å². The van der Waals surface area contributed by atoms with Gasteiger partial charge in [-0.1, -0.05) is 0 Å². The molecule has 58 valence electrons. The number of amides is 1. The Hall–Kier alpha value is -0.900. The Labute approximate surface area is 73.0 Å². The molecule has 3 nitrogen and oxygen atoms in total. The molecule has 1 rings (SSSR count). The summed E-state index contributed by atoms with van der Waals surface area (Å²) < 4.78 is 0.939. The first-order chi connectivity index (χ1) is 5.24. The highest BCUT2D eigenvalue weighted by molar-refractivity contribution is 9.10. The fourth-order valence-corrected chi connectivity index (χ4v) is 0.895. The average Bonchev–Trinajstić information content (AvgIpc) is 1.98. The van der Waals surface area contributed by atoms with Gasteiger partial charge in [-0.05, 0) is 34.5 Å². The van der Waals surface area contributed by atoms with Gasteiger partial charge in [0.05, 0.1) is 0 Å². The maximum Gasteiger partial charge on any atom is 0.212 e. The first-order valence-corrected chi connectivity index (χ1v) is 3.85. The number of carbonyl (C=O) groups excluding carboxylic acids is 1. The normalized spacial score (nSPS) is 9.27. The summed E-state index contributed by atoms with van der Waals surface area (Å²) in [6.07, 6.45) is 2.26. The number of nitrogens with zero attached hydrogens (tertiary/aromatic N) is 1. The molecule has 0 saturated heterocycles. The Bertz CT molecular complexity index is 275. The zero-order chi connectivity index (χ0) is 8.27. The van der Waals surface area contributed by atoms with Crippen molar-refractivity contribution >= 4 is 28.2 Å². The third-order valence-electron chi connectivity index (χ3n) is 1.25. The number of pyridine rings is 1. The SMILES string of the molecule is Cc1cc(NC=O)ncc1Br. The Morgan fingerprint density at radius 1 is 1.73 bits per heavy atom. The third kappa shape index (κ3) is 2.01. The predicted octanol–water partition coefficient (Wildman–Crippen LogP) is 1.72. The van der Waals surface area contributed by atoms with Crippen molar-refractivity contribution in [3.63, 3.8) is 0 Å².